The van der Waals surface area contributed by atoms with Crippen LogP contribution in [0.1, 0.15) is 45.3 Å². The number of aryl methyl sites for hydroxylation is 2. The molecule has 1 heterocycles. The zero-order valence-corrected chi connectivity index (χ0v) is 10.6. The van der Waals surface area contributed by atoms with Gasteiger partial charge in [-0.05, 0) is 31.9 Å². The van der Waals surface area contributed by atoms with Gasteiger partial charge in [0.15, 0.2) is 5.76 Å². The lowest BCUT2D eigenvalue weighted by Gasteiger charge is -2.32. The predicted molar refractivity (Wildman–Crippen MR) is 66.7 cm³/mol. The summed E-state index contributed by atoms with van der Waals surface area (Å²) in [5.74, 6) is 0.110. The van der Waals surface area contributed by atoms with Crippen molar-refractivity contribution in [3.8, 4) is 0 Å². The van der Waals surface area contributed by atoms with E-state index in [2.05, 4.69) is 0 Å². The summed E-state index contributed by atoms with van der Waals surface area (Å²) in [5, 5.41) is 10.8. The highest BCUT2D eigenvalue weighted by Crippen LogP contribution is 2.43. The quantitative estimate of drug-likeness (QED) is 0.772. The van der Waals surface area contributed by atoms with E-state index in [-0.39, 0.29) is 11.5 Å². The van der Waals surface area contributed by atoms with Gasteiger partial charge in [-0.1, -0.05) is 18.2 Å². The zero-order chi connectivity index (χ0) is 13.1. The molecule has 3 heteroatoms. The van der Waals surface area contributed by atoms with Crippen LogP contribution in [0, 0.1) is 13.8 Å². The molecule has 18 heavy (non-hydrogen) atoms. The second kappa shape index (κ2) is 3.33. The van der Waals surface area contributed by atoms with E-state index in [1.807, 2.05) is 26.0 Å². The third kappa shape index (κ3) is 1.20. The lowest BCUT2D eigenvalue weighted by atomic mass is 9.75. The molecule has 1 atom stereocenters. The molecule has 0 fully saturated rings. The molecule has 1 aliphatic carbocycles. The van der Waals surface area contributed by atoms with Crippen molar-refractivity contribution in [2.45, 2.75) is 26.4 Å². The van der Waals surface area contributed by atoms with Crippen LogP contribution in [0.25, 0.3) is 0 Å². The average molecular weight is 242 g/mol. The first-order valence-corrected chi connectivity index (χ1v) is 5.90. The van der Waals surface area contributed by atoms with Gasteiger partial charge in [-0.25, -0.2) is 0 Å². The molecule has 2 aromatic rings. The van der Waals surface area contributed by atoms with Crippen molar-refractivity contribution >= 4 is 5.78 Å². The molecule has 1 N–H and O–H groups in total. The van der Waals surface area contributed by atoms with Crippen LogP contribution in [0.3, 0.4) is 0 Å². The van der Waals surface area contributed by atoms with Gasteiger partial charge in [-0.2, -0.15) is 0 Å². The lowest BCUT2D eigenvalue weighted by Crippen LogP contribution is -2.33. The molecule has 0 saturated carbocycles. The maximum Gasteiger partial charge on any atom is 0.229 e. The summed E-state index contributed by atoms with van der Waals surface area (Å²) >= 11 is 0. The highest BCUT2D eigenvalue weighted by molar-refractivity contribution is 6.11. The number of furan rings is 1. The summed E-state index contributed by atoms with van der Waals surface area (Å²) in [7, 11) is 0. The summed E-state index contributed by atoms with van der Waals surface area (Å²) in [6.45, 7) is 5.46. The Balaban J connectivity index is 2.43. The van der Waals surface area contributed by atoms with E-state index in [0.717, 1.165) is 11.1 Å². The Morgan fingerprint density at radius 2 is 1.89 bits per heavy atom. The van der Waals surface area contributed by atoms with Crippen LogP contribution in [0.15, 0.2) is 28.9 Å². The third-order valence-electron chi connectivity index (χ3n) is 3.67. The van der Waals surface area contributed by atoms with E-state index in [0.29, 0.717) is 16.7 Å². The molecular weight excluding hydrogens is 228 g/mol. The molecule has 0 radical (unpaired) electrons. The Morgan fingerprint density at radius 1 is 1.17 bits per heavy atom. The minimum Gasteiger partial charge on any atom is -0.460 e. The molecule has 1 aromatic heterocycles. The molecule has 0 bridgehead atoms. The first-order valence-electron chi connectivity index (χ1n) is 5.90. The van der Waals surface area contributed by atoms with Crippen LogP contribution in [0.5, 0.6) is 0 Å². The second-order valence-corrected chi connectivity index (χ2v) is 5.02. The molecular formula is C15H14O3. The van der Waals surface area contributed by atoms with Crippen LogP contribution in [-0.2, 0) is 5.60 Å². The summed E-state index contributed by atoms with van der Waals surface area (Å²) in [6.07, 6.45) is 1.53. The number of ketones is 1. The fraction of sp³-hybridized carbons (Fsp3) is 0.267. The summed E-state index contributed by atoms with van der Waals surface area (Å²) in [5.41, 5.74) is 2.35. The van der Waals surface area contributed by atoms with Crippen molar-refractivity contribution in [2.75, 3.05) is 0 Å². The number of carbonyl (C=O) groups excluding carboxylic acids is 1. The zero-order valence-electron chi connectivity index (χ0n) is 10.6. The number of hydrogen-bond acceptors (Lipinski definition) is 3. The van der Waals surface area contributed by atoms with Crippen molar-refractivity contribution in [1.29, 1.82) is 0 Å². The largest absolute Gasteiger partial charge is 0.460 e. The maximum atomic E-state index is 12.4. The lowest BCUT2D eigenvalue weighted by molar-refractivity contribution is 0.0824. The van der Waals surface area contributed by atoms with Crippen LogP contribution >= 0.6 is 0 Å². The monoisotopic (exact) mass is 242 g/mol. The standard InChI is InChI=1S/C15H14O3/c1-8-5-4-6-10-11(8)15(3,17)12-9(2)7-18-14(12)13(10)16/h4-7,17H,1-3H3/t15-/m0/s1. The van der Waals surface area contributed by atoms with E-state index >= 15 is 0 Å². The molecule has 0 spiro atoms. The van der Waals surface area contributed by atoms with Gasteiger partial charge in [0.2, 0.25) is 5.78 Å². The number of benzene rings is 1. The molecule has 3 rings (SSSR count). The van der Waals surface area contributed by atoms with Crippen LogP contribution < -0.4 is 0 Å². The second-order valence-electron chi connectivity index (χ2n) is 5.02. The number of rotatable bonds is 0. The molecule has 0 unspecified atom stereocenters. The number of fused-ring (bicyclic) bond motifs is 2. The van der Waals surface area contributed by atoms with Crippen molar-refractivity contribution in [1.82, 2.24) is 0 Å². The molecule has 3 nitrogen and oxygen atoms in total. The summed E-state index contributed by atoms with van der Waals surface area (Å²) < 4.78 is 5.32. The van der Waals surface area contributed by atoms with E-state index in [1.54, 1.807) is 13.0 Å². The van der Waals surface area contributed by atoms with Crippen molar-refractivity contribution < 1.29 is 14.3 Å². The molecule has 1 aromatic carbocycles. The Bertz CT molecular complexity index is 662. The first-order chi connectivity index (χ1) is 8.44. The number of hydrogen-bond donors (Lipinski definition) is 1. The topological polar surface area (TPSA) is 50.4 Å². The van der Waals surface area contributed by atoms with Crippen molar-refractivity contribution in [3.05, 3.63) is 58.0 Å². The van der Waals surface area contributed by atoms with E-state index < -0.39 is 5.60 Å². The van der Waals surface area contributed by atoms with Gasteiger partial charge in [0.05, 0.1) is 6.26 Å². The third-order valence-corrected chi connectivity index (χ3v) is 3.67. The van der Waals surface area contributed by atoms with E-state index in [1.165, 1.54) is 6.26 Å². The summed E-state index contributed by atoms with van der Waals surface area (Å²) in [4.78, 5) is 12.4. The fourth-order valence-corrected chi connectivity index (χ4v) is 2.97. The molecule has 1 aliphatic rings. The minimum atomic E-state index is -1.18. The molecule has 92 valence electrons. The van der Waals surface area contributed by atoms with Gasteiger partial charge < -0.3 is 9.52 Å². The van der Waals surface area contributed by atoms with Gasteiger partial charge >= 0.3 is 0 Å². The SMILES string of the molecule is Cc1cccc2c1[C@](C)(O)c1c(C)coc1C2=O. The van der Waals surface area contributed by atoms with Crippen LogP contribution in [-0.4, -0.2) is 10.9 Å². The van der Waals surface area contributed by atoms with Gasteiger partial charge in [0, 0.05) is 16.7 Å². The molecule has 0 saturated heterocycles. The highest BCUT2D eigenvalue weighted by atomic mass is 16.3. The molecule has 0 aliphatic heterocycles. The van der Waals surface area contributed by atoms with E-state index in [9.17, 15) is 9.90 Å². The van der Waals surface area contributed by atoms with Gasteiger partial charge in [-0.3, -0.25) is 4.79 Å². The predicted octanol–water partition coefficient (Wildman–Crippen LogP) is 2.70. The smallest absolute Gasteiger partial charge is 0.229 e. The minimum absolute atomic E-state index is 0.150. The van der Waals surface area contributed by atoms with Crippen molar-refractivity contribution in [3.63, 3.8) is 0 Å². The van der Waals surface area contributed by atoms with Gasteiger partial charge in [-0.15, -0.1) is 0 Å². The maximum absolute atomic E-state index is 12.4. The van der Waals surface area contributed by atoms with Crippen LogP contribution in [0.4, 0.5) is 0 Å². The summed E-state index contributed by atoms with van der Waals surface area (Å²) in [6, 6.07) is 5.46. The highest BCUT2D eigenvalue weighted by Gasteiger charge is 2.43. The number of carbonyl (C=O) groups is 1. The fourth-order valence-electron chi connectivity index (χ4n) is 2.97. The average Bonchev–Trinajstić information content (AvgIpc) is 2.69. The Labute approximate surface area is 105 Å². The first kappa shape index (κ1) is 11.2. The Morgan fingerprint density at radius 3 is 2.61 bits per heavy atom. The Kier molecular flexibility index (Phi) is 2.08. The van der Waals surface area contributed by atoms with Gasteiger partial charge in [0.1, 0.15) is 5.60 Å². The van der Waals surface area contributed by atoms with Crippen LogP contribution in [0.2, 0.25) is 0 Å². The number of aliphatic hydroxyl groups is 1. The Hall–Kier alpha value is -1.87. The van der Waals surface area contributed by atoms with Gasteiger partial charge in [0.25, 0.3) is 0 Å². The van der Waals surface area contributed by atoms with E-state index in [4.69, 9.17) is 4.42 Å². The normalized spacial score (nSPS) is 21.7. The van der Waals surface area contributed by atoms with Crippen molar-refractivity contribution in [2.24, 2.45) is 0 Å². The molecule has 0 amide bonds.